The van der Waals surface area contributed by atoms with Crippen molar-refractivity contribution in [3.63, 3.8) is 0 Å². The normalized spacial score (nSPS) is 11.6. The lowest BCUT2D eigenvalue weighted by atomic mass is 10.1. The highest BCUT2D eigenvalue weighted by atomic mass is 13.9. The third-order valence-corrected chi connectivity index (χ3v) is 1.63. The Balaban J connectivity index is 3.36. The molecule has 0 fully saturated rings. The molecule has 0 N–H and O–H groups in total. The maximum absolute atomic E-state index is 3.62. The summed E-state index contributed by atoms with van der Waals surface area (Å²) >= 11 is 0. The Morgan fingerprint density at radius 1 is 1.50 bits per heavy atom. The van der Waals surface area contributed by atoms with Crippen LogP contribution in [0.15, 0.2) is 18.2 Å². The van der Waals surface area contributed by atoms with Crippen LogP contribution >= 0.6 is 0 Å². The monoisotopic (exact) mass is 137 g/mol. The minimum absolute atomic E-state index is 1.15. The molecular formula is C10H17. The van der Waals surface area contributed by atoms with E-state index in [0.717, 1.165) is 6.42 Å². The average molecular weight is 137 g/mol. The lowest BCUT2D eigenvalue weighted by Gasteiger charge is -1.97. The smallest absolute Gasteiger partial charge is 0.0231 e. The zero-order valence-corrected chi connectivity index (χ0v) is 7.11. The van der Waals surface area contributed by atoms with E-state index in [-0.39, 0.29) is 0 Å². The number of hydrogen-bond donors (Lipinski definition) is 0. The Hall–Kier alpha value is -0.520. The molecule has 57 valence electrons. The van der Waals surface area contributed by atoms with Crippen LogP contribution in [-0.2, 0) is 0 Å². The third-order valence-electron chi connectivity index (χ3n) is 1.63. The maximum atomic E-state index is 3.62. The standard InChI is InChI=1S/C10H17/c1-4-7-8-9-10(5-2)6-3/h6H,2,4,7-9H2,1,3H3/b10-6+. The first-order valence-corrected chi connectivity index (χ1v) is 4.03. The predicted octanol–water partition coefficient (Wildman–Crippen LogP) is 3.50. The lowest BCUT2D eigenvalue weighted by Crippen LogP contribution is -1.79. The van der Waals surface area contributed by atoms with Crippen molar-refractivity contribution >= 4 is 0 Å². The fourth-order valence-electron chi connectivity index (χ4n) is 0.900. The molecule has 0 aromatic carbocycles. The van der Waals surface area contributed by atoms with Crippen LogP contribution in [0, 0.1) is 6.08 Å². The Morgan fingerprint density at radius 2 is 2.20 bits per heavy atom. The summed E-state index contributed by atoms with van der Waals surface area (Å²) in [5, 5.41) is 0. The van der Waals surface area contributed by atoms with Crippen LogP contribution < -0.4 is 0 Å². The van der Waals surface area contributed by atoms with Gasteiger partial charge >= 0.3 is 0 Å². The van der Waals surface area contributed by atoms with Gasteiger partial charge < -0.3 is 0 Å². The highest BCUT2D eigenvalue weighted by Gasteiger charge is 1.89. The van der Waals surface area contributed by atoms with E-state index in [4.69, 9.17) is 0 Å². The van der Waals surface area contributed by atoms with Gasteiger partial charge in [-0.05, 0) is 31.4 Å². The first kappa shape index (κ1) is 9.48. The molecule has 0 heterocycles. The van der Waals surface area contributed by atoms with Gasteiger partial charge in [0.25, 0.3) is 0 Å². The molecule has 0 aromatic heterocycles. The van der Waals surface area contributed by atoms with E-state index in [1.54, 1.807) is 0 Å². The molecule has 0 nitrogen and oxygen atoms in total. The van der Waals surface area contributed by atoms with E-state index in [9.17, 15) is 0 Å². The van der Waals surface area contributed by atoms with Gasteiger partial charge in [-0.2, -0.15) is 0 Å². The Bertz CT molecular complexity index is 109. The summed E-state index contributed by atoms with van der Waals surface area (Å²) in [5.74, 6) is 0. The van der Waals surface area contributed by atoms with Crippen molar-refractivity contribution < 1.29 is 0 Å². The van der Waals surface area contributed by atoms with Gasteiger partial charge in [0, 0.05) is 0 Å². The highest BCUT2D eigenvalue weighted by Crippen LogP contribution is 2.08. The number of unbranched alkanes of at least 4 members (excludes halogenated alkanes) is 2. The first-order valence-electron chi connectivity index (χ1n) is 4.03. The summed E-state index contributed by atoms with van der Waals surface area (Å²) < 4.78 is 0. The quantitative estimate of drug-likeness (QED) is 0.402. The molecule has 0 bridgehead atoms. The van der Waals surface area contributed by atoms with E-state index < -0.39 is 0 Å². The van der Waals surface area contributed by atoms with Gasteiger partial charge in [-0.25, -0.2) is 0 Å². The van der Waals surface area contributed by atoms with Gasteiger partial charge in [0.1, 0.15) is 0 Å². The fourth-order valence-corrected chi connectivity index (χ4v) is 0.900. The Labute approximate surface area is 64.6 Å². The molecule has 0 atom stereocenters. The van der Waals surface area contributed by atoms with Gasteiger partial charge in [0.2, 0.25) is 0 Å². The molecule has 1 radical (unpaired) electrons. The zero-order chi connectivity index (χ0) is 7.82. The van der Waals surface area contributed by atoms with Crippen LogP contribution in [0.4, 0.5) is 0 Å². The largest absolute Gasteiger partial charge is 0.0909 e. The summed E-state index contributed by atoms with van der Waals surface area (Å²) in [6.45, 7) is 7.87. The molecule has 0 unspecified atom stereocenters. The molecule has 0 amide bonds. The van der Waals surface area contributed by atoms with Crippen molar-refractivity contribution in [1.82, 2.24) is 0 Å². The van der Waals surface area contributed by atoms with Gasteiger partial charge in [-0.1, -0.05) is 32.4 Å². The summed E-state index contributed by atoms with van der Waals surface area (Å²) in [7, 11) is 0. The van der Waals surface area contributed by atoms with E-state index in [1.165, 1.54) is 24.8 Å². The molecule has 0 aliphatic carbocycles. The van der Waals surface area contributed by atoms with Crippen molar-refractivity contribution in [2.75, 3.05) is 0 Å². The molecule has 0 spiro atoms. The second-order valence-electron chi connectivity index (χ2n) is 2.45. The summed E-state index contributed by atoms with van der Waals surface area (Å²) in [6, 6.07) is 0. The van der Waals surface area contributed by atoms with Crippen molar-refractivity contribution in [2.45, 2.75) is 39.5 Å². The molecule has 10 heavy (non-hydrogen) atoms. The summed E-state index contributed by atoms with van der Waals surface area (Å²) in [6.07, 6.45) is 10.0. The number of rotatable bonds is 5. The van der Waals surface area contributed by atoms with E-state index in [0.29, 0.717) is 0 Å². The average Bonchev–Trinajstić information content (AvgIpc) is 1.99. The van der Waals surface area contributed by atoms with E-state index in [1.807, 2.05) is 6.92 Å². The van der Waals surface area contributed by atoms with Crippen LogP contribution in [0.1, 0.15) is 39.5 Å². The number of allylic oxidation sites excluding steroid dienone is 3. The molecule has 0 aromatic rings. The van der Waals surface area contributed by atoms with Gasteiger partial charge in [-0.15, -0.1) is 0 Å². The number of hydrogen-bond acceptors (Lipinski definition) is 0. The SMILES string of the molecule is C=[C]/C(=C\C)CCCCC. The predicted molar refractivity (Wildman–Crippen MR) is 46.8 cm³/mol. The van der Waals surface area contributed by atoms with E-state index >= 15 is 0 Å². The maximum Gasteiger partial charge on any atom is -0.0231 e. The van der Waals surface area contributed by atoms with Crippen LogP contribution in [0.3, 0.4) is 0 Å². The Morgan fingerprint density at radius 3 is 2.60 bits per heavy atom. The summed E-state index contributed by atoms with van der Waals surface area (Å²) in [5.41, 5.74) is 1.26. The highest BCUT2D eigenvalue weighted by molar-refractivity contribution is 5.08. The van der Waals surface area contributed by atoms with Crippen molar-refractivity contribution in [3.05, 3.63) is 24.3 Å². The van der Waals surface area contributed by atoms with E-state index in [2.05, 4.69) is 25.7 Å². The second kappa shape index (κ2) is 6.60. The lowest BCUT2D eigenvalue weighted by molar-refractivity contribution is 0.717. The van der Waals surface area contributed by atoms with Crippen LogP contribution in [0.2, 0.25) is 0 Å². The second-order valence-corrected chi connectivity index (χ2v) is 2.45. The minimum Gasteiger partial charge on any atom is -0.0909 e. The first-order chi connectivity index (χ1) is 4.85. The van der Waals surface area contributed by atoms with Gasteiger partial charge in [0.05, 0.1) is 0 Å². The molecule has 0 saturated heterocycles. The van der Waals surface area contributed by atoms with Gasteiger partial charge in [0.15, 0.2) is 0 Å². The molecule has 0 heteroatoms. The molecular weight excluding hydrogens is 120 g/mol. The third kappa shape index (κ3) is 4.37. The fraction of sp³-hybridized carbons (Fsp3) is 0.600. The molecule has 0 saturated carbocycles. The molecule has 0 aliphatic rings. The molecule has 0 rings (SSSR count). The van der Waals surface area contributed by atoms with Gasteiger partial charge in [-0.3, -0.25) is 0 Å². The zero-order valence-electron chi connectivity index (χ0n) is 7.11. The Kier molecular flexibility index (Phi) is 6.25. The van der Waals surface area contributed by atoms with Crippen LogP contribution in [0.25, 0.3) is 0 Å². The van der Waals surface area contributed by atoms with Crippen LogP contribution in [-0.4, -0.2) is 0 Å². The van der Waals surface area contributed by atoms with Crippen molar-refractivity contribution in [1.29, 1.82) is 0 Å². The van der Waals surface area contributed by atoms with Crippen molar-refractivity contribution in [3.8, 4) is 0 Å². The van der Waals surface area contributed by atoms with Crippen molar-refractivity contribution in [2.24, 2.45) is 0 Å². The summed E-state index contributed by atoms with van der Waals surface area (Å²) in [4.78, 5) is 0. The topological polar surface area (TPSA) is 0 Å². The van der Waals surface area contributed by atoms with Crippen LogP contribution in [0.5, 0.6) is 0 Å². The minimum atomic E-state index is 1.15. The molecule has 0 aliphatic heterocycles.